The molecule has 19 heavy (non-hydrogen) atoms. The van der Waals surface area contributed by atoms with Crippen LogP contribution in [0.15, 0.2) is 29.1 Å². The van der Waals surface area contributed by atoms with E-state index in [0.717, 1.165) is 0 Å². The Bertz CT molecular complexity index is 669. The average Bonchev–Trinajstić information content (AvgIpc) is 2.36. The molecular formula is C13H13ClFN3O. The monoisotopic (exact) mass is 281 g/mol. The Balaban J connectivity index is 2.57. The maximum absolute atomic E-state index is 13.2. The highest BCUT2D eigenvalue weighted by molar-refractivity contribution is 6.30. The molecular weight excluding hydrogens is 269 g/mol. The van der Waals surface area contributed by atoms with Crippen LogP contribution in [0, 0.1) is 12.7 Å². The molecule has 100 valence electrons. The fourth-order valence-electron chi connectivity index (χ4n) is 1.75. The summed E-state index contributed by atoms with van der Waals surface area (Å²) < 4.78 is 14.7. The van der Waals surface area contributed by atoms with E-state index >= 15 is 0 Å². The SMILES string of the molecule is CNCc1nn(-c2ccc(F)c(Cl)c2)c(C)cc1=O. The van der Waals surface area contributed by atoms with Crippen LogP contribution >= 0.6 is 11.6 Å². The summed E-state index contributed by atoms with van der Waals surface area (Å²) >= 11 is 5.76. The molecule has 0 aliphatic rings. The molecule has 1 aromatic heterocycles. The molecule has 0 fully saturated rings. The number of rotatable bonds is 3. The van der Waals surface area contributed by atoms with Crippen LogP contribution in [-0.4, -0.2) is 16.8 Å². The number of benzene rings is 1. The first-order valence-corrected chi connectivity index (χ1v) is 6.10. The van der Waals surface area contributed by atoms with Crippen LogP contribution in [0.3, 0.4) is 0 Å². The summed E-state index contributed by atoms with van der Waals surface area (Å²) in [5.41, 5.74) is 1.54. The molecule has 2 aromatic rings. The van der Waals surface area contributed by atoms with Gasteiger partial charge in [0.2, 0.25) is 5.43 Å². The van der Waals surface area contributed by atoms with Crippen molar-refractivity contribution in [3.63, 3.8) is 0 Å². The van der Waals surface area contributed by atoms with Gasteiger partial charge in [-0.3, -0.25) is 4.79 Å². The predicted octanol–water partition coefficient (Wildman–Crippen LogP) is 2.05. The van der Waals surface area contributed by atoms with Gasteiger partial charge in [0.05, 0.1) is 10.7 Å². The summed E-state index contributed by atoms with van der Waals surface area (Å²) in [7, 11) is 1.74. The number of hydrogen-bond acceptors (Lipinski definition) is 3. The summed E-state index contributed by atoms with van der Waals surface area (Å²) in [6, 6.07) is 5.81. The molecule has 0 bridgehead atoms. The Kier molecular flexibility index (Phi) is 3.97. The minimum Gasteiger partial charge on any atom is -0.314 e. The highest BCUT2D eigenvalue weighted by atomic mass is 35.5. The predicted molar refractivity (Wildman–Crippen MR) is 72.3 cm³/mol. The quantitative estimate of drug-likeness (QED) is 0.937. The van der Waals surface area contributed by atoms with Gasteiger partial charge in [-0.1, -0.05) is 11.6 Å². The summed E-state index contributed by atoms with van der Waals surface area (Å²) in [5.74, 6) is -0.487. The first kappa shape index (κ1) is 13.7. The standard InChI is InChI=1S/C13H13ClFN3O/c1-8-5-13(19)12(7-16-2)17-18(8)9-3-4-11(15)10(14)6-9/h3-6,16H,7H2,1-2H3. The van der Waals surface area contributed by atoms with E-state index in [0.29, 0.717) is 23.6 Å². The molecule has 0 amide bonds. The second kappa shape index (κ2) is 5.50. The van der Waals surface area contributed by atoms with Crippen molar-refractivity contribution in [2.24, 2.45) is 0 Å². The van der Waals surface area contributed by atoms with Gasteiger partial charge in [0.25, 0.3) is 0 Å². The number of nitrogens with zero attached hydrogens (tertiary/aromatic N) is 2. The molecule has 2 rings (SSSR count). The highest BCUT2D eigenvalue weighted by Crippen LogP contribution is 2.18. The fraction of sp³-hybridized carbons (Fsp3) is 0.231. The maximum atomic E-state index is 13.2. The van der Waals surface area contributed by atoms with Crippen molar-refractivity contribution in [1.29, 1.82) is 0 Å². The lowest BCUT2D eigenvalue weighted by molar-refractivity contribution is 0.626. The lowest BCUT2D eigenvalue weighted by Gasteiger charge is -2.11. The summed E-state index contributed by atoms with van der Waals surface area (Å²) in [5, 5.41) is 7.17. The highest BCUT2D eigenvalue weighted by Gasteiger charge is 2.08. The first-order chi connectivity index (χ1) is 9.02. The number of hydrogen-bond donors (Lipinski definition) is 1. The maximum Gasteiger partial charge on any atom is 0.204 e. The Labute approximate surface area is 114 Å². The van der Waals surface area contributed by atoms with Crippen molar-refractivity contribution in [1.82, 2.24) is 15.1 Å². The largest absolute Gasteiger partial charge is 0.314 e. The number of halogens is 2. The molecule has 4 nitrogen and oxygen atoms in total. The van der Waals surface area contributed by atoms with Gasteiger partial charge in [-0.15, -0.1) is 0 Å². The number of nitrogens with one attached hydrogen (secondary N) is 1. The Morgan fingerprint density at radius 1 is 1.42 bits per heavy atom. The topological polar surface area (TPSA) is 46.9 Å². The van der Waals surface area contributed by atoms with E-state index < -0.39 is 5.82 Å². The van der Waals surface area contributed by atoms with E-state index in [-0.39, 0.29) is 10.5 Å². The van der Waals surface area contributed by atoms with E-state index in [1.807, 2.05) is 0 Å². The van der Waals surface area contributed by atoms with Gasteiger partial charge in [0.1, 0.15) is 11.5 Å². The van der Waals surface area contributed by atoms with Crippen molar-refractivity contribution in [3.8, 4) is 5.69 Å². The Morgan fingerprint density at radius 3 is 2.79 bits per heavy atom. The zero-order chi connectivity index (χ0) is 14.0. The third-order valence-electron chi connectivity index (χ3n) is 2.67. The van der Waals surface area contributed by atoms with Crippen LogP contribution in [0.2, 0.25) is 5.02 Å². The van der Waals surface area contributed by atoms with Crippen molar-refractivity contribution < 1.29 is 4.39 Å². The van der Waals surface area contributed by atoms with Crippen LogP contribution in [-0.2, 0) is 6.54 Å². The van der Waals surface area contributed by atoms with E-state index in [9.17, 15) is 9.18 Å². The van der Waals surface area contributed by atoms with Gasteiger partial charge in [0, 0.05) is 18.3 Å². The van der Waals surface area contributed by atoms with E-state index in [4.69, 9.17) is 11.6 Å². The van der Waals surface area contributed by atoms with Gasteiger partial charge in [0.15, 0.2) is 0 Å². The molecule has 0 saturated heterocycles. The van der Waals surface area contributed by atoms with Crippen molar-refractivity contribution >= 4 is 11.6 Å². The average molecular weight is 282 g/mol. The number of aryl methyl sites for hydroxylation is 1. The molecule has 0 radical (unpaired) electrons. The molecule has 0 atom stereocenters. The molecule has 0 aliphatic heterocycles. The van der Waals surface area contributed by atoms with Crippen LogP contribution in [0.25, 0.3) is 5.69 Å². The molecule has 1 aromatic carbocycles. The van der Waals surface area contributed by atoms with Crippen LogP contribution in [0.4, 0.5) is 4.39 Å². The zero-order valence-corrected chi connectivity index (χ0v) is 11.3. The van der Waals surface area contributed by atoms with Crippen molar-refractivity contribution in [3.05, 3.63) is 56.7 Å². The minimum atomic E-state index is -0.487. The second-order valence-corrected chi connectivity index (χ2v) is 4.54. The lowest BCUT2D eigenvalue weighted by atomic mass is 10.2. The molecule has 1 N–H and O–H groups in total. The third kappa shape index (κ3) is 2.83. The second-order valence-electron chi connectivity index (χ2n) is 4.14. The lowest BCUT2D eigenvalue weighted by Crippen LogP contribution is -2.22. The fourth-order valence-corrected chi connectivity index (χ4v) is 1.93. The van der Waals surface area contributed by atoms with Gasteiger partial charge < -0.3 is 5.32 Å². The van der Waals surface area contributed by atoms with Gasteiger partial charge in [-0.25, -0.2) is 9.07 Å². The van der Waals surface area contributed by atoms with Gasteiger partial charge >= 0.3 is 0 Å². The normalized spacial score (nSPS) is 10.7. The Morgan fingerprint density at radius 2 is 2.16 bits per heavy atom. The molecule has 0 spiro atoms. The molecule has 0 saturated carbocycles. The van der Waals surface area contributed by atoms with Crippen molar-refractivity contribution in [2.75, 3.05) is 7.05 Å². The molecule has 0 unspecified atom stereocenters. The molecule has 6 heteroatoms. The van der Waals surface area contributed by atoms with Crippen molar-refractivity contribution in [2.45, 2.75) is 13.5 Å². The van der Waals surface area contributed by atoms with E-state index in [2.05, 4.69) is 10.4 Å². The molecule has 1 heterocycles. The summed E-state index contributed by atoms with van der Waals surface area (Å²) in [6.45, 7) is 2.13. The van der Waals surface area contributed by atoms with Gasteiger partial charge in [-0.05, 0) is 32.2 Å². The Hall–Kier alpha value is -1.72. The molecule has 0 aliphatic carbocycles. The third-order valence-corrected chi connectivity index (χ3v) is 2.96. The summed E-state index contributed by atoms with van der Waals surface area (Å²) in [6.07, 6.45) is 0. The van der Waals surface area contributed by atoms with Crippen LogP contribution in [0.1, 0.15) is 11.4 Å². The first-order valence-electron chi connectivity index (χ1n) is 5.73. The summed E-state index contributed by atoms with van der Waals surface area (Å²) in [4.78, 5) is 11.7. The number of aromatic nitrogens is 2. The van der Waals surface area contributed by atoms with E-state index in [1.165, 1.54) is 18.2 Å². The van der Waals surface area contributed by atoms with Gasteiger partial charge in [-0.2, -0.15) is 5.10 Å². The smallest absolute Gasteiger partial charge is 0.204 e. The van der Waals surface area contributed by atoms with Crippen LogP contribution < -0.4 is 10.7 Å². The minimum absolute atomic E-state index is 0.0209. The zero-order valence-electron chi connectivity index (χ0n) is 10.6. The van der Waals surface area contributed by atoms with E-state index in [1.54, 1.807) is 24.7 Å². The van der Waals surface area contributed by atoms with Crippen LogP contribution in [0.5, 0.6) is 0 Å².